The third kappa shape index (κ3) is 5.79. The first-order valence-electron chi connectivity index (χ1n) is 12.3. The summed E-state index contributed by atoms with van der Waals surface area (Å²) in [5.74, 6) is 1.13. The number of aliphatic imine (C=N–C) groups is 1. The number of aryl methyl sites for hydroxylation is 2. The zero-order chi connectivity index (χ0) is 26.6. The Balaban J connectivity index is 1.35. The number of carbonyl (C=O) groups excluding carboxylic acids is 1. The molecule has 0 aliphatic carbocycles. The third-order valence-electron chi connectivity index (χ3n) is 6.13. The Morgan fingerprint density at radius 1 is 0.947 bits per heavy atom. The van der Waals surface area contributed by atoms with Gasteiger partial charge in [0.1, 0.15) is 6.61 Å². The summed E-state index contributed by atoms with van der Waals surface area (Å²) < 4.78 is 13.1. The largest absolute Gasteiger partial charge is 0.490 e. The first kappa shape index (κ1) is 26.1. The van der Waals surface area contributed by atoms with E-state index in [0.29, 0.717) is 34.8 Å². The minimum Gasteiger partial charge on any atom is -0.490 e. The monoisotopic (exact) mass is 586 g/mol. The first-order valence-corrected chi connectivity index (χ1v) is 13.9. The summed E-state index contributed by atoms with van der Waals surface area (Å²) in [7, 11) is 0. The number of hydrogen-bond donors (Lipinski definition) is 1. The molecule has 7 heteroatoms. The predicted octanol–water partition coefficient (Wildman–Crippen LogP) is 8.09. The molecule has 0 spiro atoms. The number of fused-ring (bicyclic) bond motifs is 1. The maximum Gasteiger partial charge on any atom is 0.264 e. The zero-order valence-electron chi connectivity index (χ0n) is 21.4. The number of nitrogens with zero attached hydrogens (tertiary/aromatic N) is 1. The standard InChI is InChI=1S/C31H27BrN2O3S/c1-4-36-27-16-21(12-13-26(27)37-18-23-10-7-9-22-8-5-6-11-25(22)23)17-28-30(35)34-31(38-28)33-24-14-19(2)29(32)20(3)15-24/h5-17H,4,18H2,1-3H3,(H,33,34,35)/b28-17-. The van der Waals surface area contributed by atoms with Gasteiger partial charge in [0.2, 0.25) is 0 Å². The van der Waals surface area contributed by atoms with Crippen LogP contribution in [-0.2, 0) is 11.4 Å². The molecule has 192 valence electrons. The van der Waals surface area contributed by atoms with Crippen molar-refractivity contribution in [2.24, 2.45) is 4.99 Å². The number of ether oxygens (including phenoxy) is 2. The van der Waals surface area contributed by atoms with E-state index in [1.807, 2.05) is 75.4 Å². The topological polar surface area (TPSA) is 59.9 Å². The van der Waals surface area contributed by atoms with Gasteiger partial charge in [-0.3, -0.25) is 4.79 Å². The molecule has 1 heterocycles. The molecule has 5 nitrogen and oxygen atoms in total. The molecule has 1 aliphatic rings. The Labute approximate surface area is 235 Å². The normalized spacial score (nSPS) is 15.3. The van der Waals surface area contributed by atoms with Gasteiger partial charge in [-0.25, -0.2) is 4.99 Å². The van der Waals surface area contributed by atoms with Gasteiger partial charge in [0.25, 0.3) is 5.91 Å². The van der Waals surface area contributed by atoms with Crippen LogP contribution in [0.2, 0.25) is 0 Å². The van der Waals surface area contributed by atoms with Gasteiger partial charge in [0.15, 0.2) is 16.7 Å². The highest BCUT2D eigenvalue weighted by Crippen LogP contribution is 2.34. The van der Waals surface area contributed by atoms with Gasteiger partial charge in [-0.05, 0) is 95.9 Å². The summed E-state index contributed by atoms with van der Waals surface area (Å²) in [6, 6.07) is 24.2. The molecule has 0 saturated carbocycles. The van der Waals surface area contributed by atoms with E-state index in [1.54, 1.807) is 0 Å². The van der Waals surface area contributed by atoms with Gasteiger partial charge < -0.3 is 14.8 Å². The minimum atomic E-state index is -0.173. The number of benzene rings is 4. The van der Waals surface area contributed by atoms with Crippen LogP contribution >= 0.6 is 27.7 Å². The number of hydrogen-bond acceptors (Lipinski definition) is 5. The summed E-state index contributed by atoms with van der Waals surface area (Å²) >= 11 is 4.91. The van der Waals surface area contributed by atoms with E-state index in [1.165, 1.54) is 22.5 Å². The number of nitrogens with one attached hydrogen (secondary N) is 1. The first-order chi connectivity index (χ1) is 18.4. The average Bonchev–Trinajstić information content (AvgIpc) is 3.24. The molecule has 1 N–H and O–H groups in total. The van der Waals surface area contributed by atoms with Crippen LogP contribution in [0.3, 0.4) is 0 Å². The lowest BCUT2D eigenvalue weighted by molar-refractivity contribution is -0.115. The molecule has 0 bridgehead atoms. The van der Waals surface area contributed by atoms with Gasteiger partial charge in [-0.1, -0.05) is 64.5 Å². The highest BCUT2D eigenvalue weighted by molar-refractivity contribution is 9.10. The molecule has 38 heavy (non-hydrogen) atoms. The number of carbonyl (C=O) groups is 1. The summed E-state index contributed by atoms with van der Waals surface area (Å²) in [5.41, 5.74) is 4.96. The van der Waals surface area contributed by atoms with Gasteiger partial charge in [-0.2, -0.15) is 0 Å². The third-order valence-corrected chi connectivity index (χ3v) is 8.29. The molecule has 1 saturated heterocycles. The van der Waals surface area contributed by atoms with Crippen molar-refractivity contribution in [1.82, 2.24) is 5.32 Å². The highest BCUT2D eigenvalue weighted by atomic mass is 79.9. The van der Waals surface area contributed by atoms with Crippen molar-refractivity contribution >= 4 is 61.3 Å². The Morgan fingerprint density at radius 3 is 2.50 bits per heavy atom. The van der Waals surface area contributed by atoms with E-state index in [9.17, 15) is 4.79 Å². The molecule has 0 radical (unpaired) electrons. The summed E-state index contributed by atoms with van der Waals surface area (Å²) in [5, 5.41) is 5.78. The summed E-state index contributed by atoms with van der Waals surface area (Å²) in [4.78, 5) is 17.9. The van der Waals surface area contributed by atoms with Crippen LogP contribution in [0, 0.1) is 13.8 Å². The highest BCUT2D eigenvalue weighted by Gasteiger charge is 2.24. The summed E-state index contributed by atoms with van der Waals surface area (Å²) in [6.45, 7) is 6.92. The second kappa shape index (κ2) is 11.5. The molecule has 1 aliphatic heterocycles. The van der Waals surface area contributed by atoms with Crippen LogP contribution in [0.25, 0.3) is 16.8 Å². The van der Waals surface area contributed by atoms with Crippen molar-refractivity contribution in [3.05, 3.63) is 104 Å². The molecule has 1 fully saturated rings. The average molecular weight is 588 g/mol. The molecule has 4 aromatic carbocycles. The van der Waals surface area contributed by atoms with Gasteiger partial charge >= 0.3 is 0 Å². The van der Waals surface area contributed by atoms with Crippen LogP contribution in [-0.4, -0.2) is 17.7 Å². The van der Waals surface area contributed by atoms with Crippen LogP contribution in [0.5, 0.6) is 11.5 Å². The number of thioether (sulfide) groups is 1. The lowest BCUT2D eigenvalue weighted by Crippen LogP contribution is -2.19. The van der Waals surface area contributed by atoms with Gasteiger partial charge in [-0.15, -0.1) is 0 Å². The molecular formula is C31H27BrN2O3S. The Hall–Kier alpha value is -3.55. The predicted molar refractivity (Wildman–Crippen MR) is 160 cm³/mol. The van der Waals surface area contributed by atoms with E-state index < -0.39 is 0 Å². The molecule has 1 amide bonds. The minimum absolute atomic E-state index is 0.173. The van der Waals surface area contributed by atoms with Crippen molar-refractivity contribution in [3.8, 4) is 11.5 Å². The van der Waals surface area contributed by atoms with E-state index >= 15 is 0 Å². The van der Waals surface area contributed by atoms with E-state index in [4.69, 9.17) is 9.47 Å². The number of halogens is 1. The number of amidine groups is 1. The zero-order valence-corrected chi connectivity index (χ0v) is 23.8. The Kier molecular flexibility index (Phi) is 7.86. The molecule has 4 aromatic rings. The fraction of sp³-hybridized carbons (Fsp3) is 0.161. The van der Waals surface area contributed by atoms with Gasteiger partial charge in [0, 0.05) is 4.47 Å². The Morgan fingerprint density at radius 2 is 1.71 bits per heavy atom. The van der Waals surface area contributed by atoms with Crippen LogP contribution in [0.4, 0.5) is 5.69 Å². The van der Waals surface area contributed by atoms with Crippen molar-refractivity contribution in [2.45, 2.75) is 27.4 Å². The molecular weight excluding hydrogens is 560 g/mol. The SMILES string of the molecule is CCOc1cc(/C=C2\SC(=Nc3cc(C)c(Br)c(C)c3)NC2=O)ccc1OCc1cccc2ccccc12. The van der Waals surface area contributed by atoms with Crippen molar-refractivity contribution in [1.29, 1.82) is 0 Å². The second-order valence-corrected chi connectivity index (χ2v) is 10.8. The number of rotatable bonds is 7. The maximum atomic E-state index is 12.7. The Bertz CT molecular complexity index is 1570. The number of amides is 1. The molecule has 0 aromatic heterocycles. The van der Waals surface area contributed by atoms with E-state index in [2.05, 4.69) is 50.5 Å². The summed E-state index contributed by atoms with van der Waals surface area (Å²) in [6.07, 6.45) is 1.84. The quantitative estimate of drug-likeness (QED) is 0.222. The fourth-order valence-electron chi connectivity index (χ4n) is 4.31. The second-order valence-electron chi connectivity index (χ2n) is 8.94. The van der Waals surface area contributed by atoms with Crippen molar-refractivity contribution in [2.75, 3.05) is 6.61 Å². The van der Waals surface area contributed by atoms with Crippen LogP contribution < -0.4 is 14.8 Å². The van der Waals surface area contributed by atoms with Crippen LogP contribution in [0.15, 0.2) is 87.2 Å². The smallest absolute Gasteiger partial charge is 0.264 e. The fourth-order valence-corrected chi connectivity index (χ4v) is 5.38. The molecule has 0 unspecified atom stereocenters. The van der Waals surface area contributed by atoms with Crippen molar-refractivity contribution in [3.63, 3.8) is 0 Å². The van der Waals surface area contributed by atoms with Crippen LogP contribution in [0.1, 0.15) is 29.2 Å². The molecule has 0 atom stereocenters. The van der Waals surface area contributed by atoms with E-state index in [-0.39, 0.29) is 5.91 Å². The molecule has 5 rings (SSSR count). The van der Waals surface area contributed by atoms with E-state index in [0.717, 1.165) is 32.4 Å². The lowest BCUT2D eigenvalue weighted by Gasteiger charge is -2.14. The lowest BCUT2D eigenvalue weighted by atomic mass is 10.1. The maximum absolute atomic E-state index is 12.7. The van der Waals surface area contributed by atoms with Crippen molar-refractivity contribution < 1.29 is 14.3 Å². The van der Waals surface area contributed by atoms with Gasteiger partial charge in [0.05, 0.1) is 17.2 Å².